The maximum Gasteiger partial charge on any atom is 0.280 e. The van der Waals surface area contributed by atoms with E-state index in [0.717, 1.165) is 0 Å². The number of carbonyl (C=O) groups is 1. The van der Waals surface area contributed by atoms with E-state index in [4.69, 9.17) is 0 Å². The lowest BCUT2D eigenvalue weighted by atomic mass is 10.1. The monoisotopic (exact) mass is 369 g/mol. The summed E-state index contributed by atoms with van der Waals surface area (Å²) >= 11 is 1.29. The van der Waals surface area contributed by atoms with Crippen molar-refractivity contribution in [3.8, 4) is 0 Å². The second kappa shape index (κ2) is 6.75. The summed E-state index contributed by atoms with van der Waals surface area (Å²) in [5, 5.41) is 11.8. The lowest BCUT2D eigenvalue weighted by molar-refractivity contribution is -0.118. The minimum absolute atomic E-state index is 0.000670. The van der Waals surface area contributed by atoms with E-state index in [1.165, 1.54) is 22.7 Å². The van der Waals surface area contributed by atoms with Crippen LogP contribution >= 0.6 is 11.8 Å². The second-order valence-electron chi connectivity index (χ2n) is 6.29. The van der Waals surface area contributed by atoms with Gasteiger partial charge in [0.2, 0.25) is 11.9 Å². The minimum atomic E-state index is -1.36. The van der Waals surface area contributed by atoms with E-state index < -0.39 is 23.2 Å². The molecule has 1 saturated heterocycles. The van der Waals surface area contributed by atoms with E-state index in [0.29, 0.717) is 6.42 Å². The number of aliphatic hydroxyl groups is 1. The van der Waals surface area contributed by atoms with Gasteiger partial charge in [0.25, 0.3) is 5.56 Å². The van der Waals surface area contributed by atoms with Gasteiger partial charge in [-0.1, -0.05) is 20.8 Å². The summed E-state index contributed by atoms with van der Waals surface area (Å²) < 4.78 is 15.7. The number of rotatable bonds is 4. The number of amides is 1. The topological polar surface area (TPSA) is 113 Å². The molecular weight excluding hydrogens is 349 g/mol. The fourth-order valence-electron chi connectivity index (χ4n) is 2.70. The largest absolute Gasteiger partial charge is 0.387 e. The molecule has 0 radical (unpaired) electrons. The molecule has 0 bridgehead atoms. The Morgan fingerprint density at radius 1 is 1.56 bits per heavy atom. The number of aliphatic hydroxyl groups excluding tert-OH is 1. The molecule has 1 fully saturated rings. The second-order valence-corrected chi connectivity index (χ2v) is 7.65. The van der Waals surface area contributed by atoms with E-state index in [-0.39, 0.29) is 34.2 Å². The van der Waals surface area contributed by atoms with Gasteiger partial charge in [-0.2, -0.15) is 4.98 Å². The number of aromatic amines is 1. The summed E-state index contributed by atoms with van der Waals surface area (Å²) in [6.07, 6.45) is -0.635. The summed E-state index contributed by atoms with van der Waals surface area (Å²) in [5.74, 6) is -0.575. The van der Waals surface area contributed by atoms with Crippen molar-refractivity contribution in [2.45, 2.75) is 50.1 Å². The average molecular weight is 369 g/mol. The number of nitrogens with one attached hydrogen (secondary N) is 2. The highest BCUT2D eigenvalue weighted by Crippen LogP contribution is 2.45. The molecule has 0 saturated carbocycles. The van der Waals surface area contributed by atoms with Gasteiger partial charge in [0.15, 0.2) is 11.2 Å². The number of carbonyl (C=O) groups excluding carboxylic acids is 1. The standard InChI is InChI=1S/C15H20FN5O3S/c1-4-7-8(16)10(22)14(25-7)21-5-17-9-11(21)18-15(20-13(9)24)19-12(23)6(2)3/h5-8,10,14,22H,4H2,1-3H3,(H2,18,19,20,23,24)/t7-,8?,10+,14-/m1/s1. The van der Waals surface area contributed by atoms with Gasteiger partial charge in [-0.15, -0.1) is 11.8 Å². The van der Waals surface area contributed by atoms with Gasteiger partial charge in [-0.3, -0.25) is 24.5 Å². The summed E-state index contributed by atoms with van der Waals surface area (Å²) in [6.45, 7) is 5.29. The average Bonchev–Trinajstić information content (AvgIpc) is 3.10. The van der Waals surface area contributed by atoms with Crippen molar-refractivity contribution in [2.75, 3.05) is 5.32 Å². The molecule has 10 heteroatoms. The summed E-state index contributed by atoms with van der Waals surface area (Å²) in [6, 6.07) is 0. The Bertz CT molecular complexity index is 851. The number of H-pyrrole nitrogens is 1. The maximum absolute atomic E-state index is 14.2. The molecule has 1 amide bonds. The first-order valence-electron chi connectivity index (χ1n) is 8.08. The van der Waals surface area contributed by atoms with Crippen LogP contribution in [0.5, 0.6) is 0 Å². The highest BCUT2D eigenvalue weighted by Gasteiger charge is 2.44. The Hall–Kier alpha value is -1.94. The molecule has 4 atom stereocenters. The normalized spacial score (nSPS) is 26.5. The predicted octanol–water partition coefficient (Wildman–Crippen LogP) is 1.44. The van der Waals surface area contributed by atoms with Crippen molar-refractivity contribution >= 4 is 34.8 Å². The van der Waals surface area contributed by atoms with E-state index in [2.05, 4.69) is 20.3 Å². The molecule has 3 N–H and O–H groups in total. The maximum atomic E-state index is 14.2. The molecule has 2 aromatic rings. The lowest BCUT2D eigenvalue weighted by Gasteiger charge is -2.16. The number of fused-ring (bicyclic) bond motifs is 1. The number of aromatic nitrogens is 4. The first-order chi connectivity index (χ1) is 11.8. The molecule has 1 unspecified atom stereocenters. The van der Waals surface area contributed by atoms with Crippen LogP contribution in [0.25, 0.3) is 11.2 Å². The first-order valence-corrected chi connectivity index (χ1v) is 9.03. The number of hydrogen-bond donors (Lipinski definition) is 3. The zero-order valence-electron chi connectivity index (χ0n) is 14.1. The minimum Gasteiger partial charge on any atom is -0.387 e. The zero-order chi connectivity index (χ0) is 18.3. The quantitative estimate of drug-likeness (QED) is 0.752. The lowest BCUT2D eigenvalue weighted by Crippen LogP contribution is -2.28. The molecule has 0 spiro atoms. The third kappa shape index (κ3) is 3.15. The number of hydrogen-bond acceptors (Lipinski definition) is 6. The molecular formula is C15H20FN5O3S. The van der Waals surface area contributed by atoms with Crippen molar-refractivity contribution in [1.29, 1.82) is 0 Å². The Kier molecular flexibility index (Phi) is 4.83. The zero-order valence-corrected chi connectivity index (χ0v) is 14.9. The van der Waals surface area contributed by atoms with Crippen molar-refractivity contribution in [3.05, 3.63) is 16.7 Å². The van der Waals surface area contributed by atoms with Gasteiger partial charge < -0.3 is 5.11 Å². The van der Waals surface area contributed by atoms with E-state index in [1.807, 2.05) is 6.92 Å². The molecule has 1 aliphatic heterocycles. The number of alkyl halides is 1. The molecule has 136 valence electrons. The fourth-order valence-corrected chi connectivity index (χ4v) is 4.15. The van der Waals surface area contributed by atoms with Crippen molar-refractivity contribution in [1.82, 2.24) is 19.5 Å². The third-order valence-corrected chi connectivity index (χ3v) is 5.89. The number of halogens is 1. The summed E-state index contributed by atoms with van der Waals surface area (Å²) in [7, 11) is 0. The van der Waals surface area contributed by atoms with Crippen molar-refractivity contribution in [3.63, 3.8) is 0 Å². The van der Waals surface area contributed by atoms with Gasteiger partial charge >= 0.3 is 0 Å². The van der Waals surface area contributed by atoms with Gasteiger partial charge in [-0.05, 0) is 6.42 Å². The Labute approximate surface area is 147 Å². The summed E-state index contributed by atoms with van der Waals surface area (Å²) in [5.41, 5.74) is -0.238. The number of nitrogens with zero attached hydrogens (tertiary/aromatic N) is 3. The Morgan fingerprint density at radius 3 is 2.88 bits per heavy atom. The van der Waals surface area contributed by atoms with Crippen molar-refractivity contribution in [2.24, 2.45) is 5.92 Å². The van der Waals surface area contributed by atoms with Gasteiger partial charge in [0.1, 0.15) is 17.6 Å². The number of thioether (sulfide) groups is 1. The molecule has 1 aliphatic rings. The van der Waals surface area contributed by atoms with Crippen LogP contribution in [-0.4, -0.2) is 48.1 Å². The number of anilines is 1. The predicted molar refractivity (Wildman–Crippen MR) is 93.2 cm³/mol. The van der Waals surface area contributed by atoms with Gasteiger partial charge in [0.05, 0.1) is 6.33 Å². The SMILES string of the molecule is CC[C@H]1S[C@@H](n2cnc3c(=O)[nH]c(NC(=O)C(C)C)nc32)[C@@H](O)C1F. The van der Waals surface area contributed by atoms with E-state index in [1.54, 1.807) is 13.8 Å². The van der Waals surface area contributed by atoms with Crippen LogP contribution in [0.2, 0.25) is 0 Å². The Balaban J connectivity index is 2.01. The molecule has 25 heavy (non-hydrogen) atoms. The highest BCUT2D eigenvalue weighted by atomic mass is 32.2. The molecule has 3 heterocycles. The highest BCUT2D eigenvalue weighted by molar-refractivity contribution is 8.00. The van der Waals surface area contributed by atoms with E-state index in [9.17, 15) is 19.1 Å². The smallest absolute Gasteiger partial charge is 0.280 e. The van der Waals surface area contributed by atoms with Crippen molar-refractivity contribution < 1.29 is 14.3 Å². The Morgan fingerprint density at radius 2 is 2.28 bits per heavy atom. The molecule has 2 aromatic heterocycles. The van der Waals surface area contributed by atoms with E-state index >= 15 is 0 Å². The van der Waals surface area contributed by atoms with Crippen LogP contribution in [0.15, 0.2) is 11.1 Å². The van der Waals surface area contributed by atoms with Crippen LogP contribution in [0.3, 0.4) is 0 Å². The summed E-state index contributed by atoms with van der Waals surface area (Å²) in [4.78, 5) is 34.7. The van der Waals surface area contributed by atoms with Crippen LogP contribution in [0.1, 0.15) is 32.6 Å². The van der Waals surface area contributed by atoms with Crippen LogP contribution in [0.4, 0.5) is 10.3 Å². The molecule has 8 nitrogen and oxygen atoms in total. The first kappa shape index (κ1) is 17.9. The van der Waals surface area contributed by atoms with Crippen LogP contribution in [0, 0.1) is 5.92 Å². The number of imidazole rings is 1. The molecule has 0 aromatic carbocycles. The third-order valence-electron chi connectivity index (χ3n) is 4.16. The van der Waals surface area contributed by atoms with Crippen LogP contribution < -0.4 is 10.9 Å². The molecule has 3 rings (SSSR count). The fraction of sp³-hybridized carbons (Fsp3) is 0.600. The van der Waals surface area contributed by atoms with Gasteiger partial charge in [0, 0.05) is 11.2 Å². The van der Waals surface area contributed by atoms with Crippen LogP contribution in [-0.2, 0) is 4.79 Å². The molecule has 0 aliphatic carbocycles. The van der Waals surface area contributed by atoms with Gasteiger partial charge in [-0.25, -0.2) is 9.37 Å².